The van der Waals surface area contributed by atoms with Crippen molar-refractivity contribution in [3.05, 3.63) is 11.8 Å². The third-order valence-corrected chi connectivity index (χ3v) is 2.69. The zero-order valence-corrected chi connectivity index (χ0v) is 8.29. The summed E-state index contributed by atoms with van der Waals surface area (Å²) in [5.41, 5.74) is 1.27. The van der Waals surface area contributed by atoms with E-state index in [1.54, 1.807) is 13.4 Å². The summed E-state index contributed by atoms with van der Waals surface area (Å²) in [5, 5.41) is 18.7. The molecule has 0 aromatic heterocycles. The number of methoxy groups -OCH3 is 1. The van der Waals surface area contributed by atoms with Crippen LogP contribution in [0, 0.1) is 5.92 Å². The lowest BCUT2D eigenvalue weighted by molar-refractivity contribution is -0.189. The Morgan fingerprint density at radius 3 is 2.31 bits per heavy atom. The molecule has 1 aliphatic carbocycles. The van der Waals surface area contributed by atoms with Crippen LogP contribution >= 0.6 is 0 Å². The quantitative estimate of drug-likeness (QED) is 0.506. The molecular weight excluding hydrogens is 168 g/mol. The average molecular weight is 186 g/mol. The molecule has 3 nitrogen and oxygen atoms in total. The van der Waals surface area contributed by atoms with Crippen LogP contribution in [0.2, 0.25) is 0 Å². The molecule has 0 amide bonds. The fourth-order valence-corrected chi connectivity index (χ4v) is 1.82. The van der Waals surface area contributed by atoms with E-state index in [0.717, 1.165) is 25.7 Å². The van der Waals surface area contributed by atoms with Crippen molar-refractivity contribution in [2.75, 3.05) is 7.11 Å². The Hall–Kier alpha value is -0.540. The molecule has 1 fully saturated rings. The van der Waals surface area contributed by atoms with E-state index in [-0.39, 0.29) is 5.92 Å². The van der Waals surface area contributed by atoms with Crippen LogP contribution in [0.3, 0.4) is 0 Å². The first-order valence-corrected chi connectivity index (χ1v) is 4.69. The van der Waals surface area contributed by atoms with Gasteiger partial charge in [0, 0.05) is 5.92 Å². The highest BCUT2D eigenvalue weighted by molar-refractivity contribution is 5.02. The van der Waals surface area contributed by atoms with E-state index in [1.165, 1.54) is 12.5 Å². The molecule has 0 atom stereocenters. The first-order chi connectivity index (χ1) is 6.04. The van der Waals surface area contributed by atoms with Crippen molar-refractivity contribution in [2.24, 2.45) is 5.92 Å². The summed E-state index contributed by atoms with van der Waals surface area (Å²) in [6.45, 7) is 1.46. The normalized spacial score (nSPS) is 24.3. The Kier molecular flexibility index (Phi) is 3.33. The third kappa shape index (κ3) is 3.01. The van der Waals surface area contributed by atoms with E-state index in [2.05, 4.69) is 0 Å². The molecule has 0 bridgehead atoms. The molecular formula is C10H18O3. The van der Waals surface area contributed by atoms with Gasteiger partial charge in [-0.2, -0.15) is 0 Å². The van der Waals surface area contributed by atoms with Gasteiger partial charge in [-0.05, 0) is 38.2 Å². The van der Waals surface area contributed by atoms with Crippen LogP contribution in [0.25, 0.3) is 0 Å². The van der Waals surface area contributed by atoms with Gasteiger partial charge < -0.3 is 14.9 Å². The Labute approximate surface area is 79.0 Å². The second-order valence-corrected chi connectivity index (χ2v) is 3.88. The van der Waals surface area contributed by atoms with Crippen molar-refractivity contribution in [1.82, 2.24) is 0 Å². The first kappa shape index (κ1) is 10.5. The maximum atomic E-state index is 9.36. The number of ether oxygens (including phenoxy) is 1. The van der Waals surface area contributed by atoms with Gasteiger partial charge in [0.15, 0.2) is 5.79 Å². The van der Waals surface area contributed by atoms with Crippen molar-refractivity contribution in [3.8, 4) is 0 Å². The maximum absolute atomic E-state index is 9.36. The van der Waals surface area contributed by atoms with Crippen LogP contribution in [0.5, 0.6) is 0 Å². The number of allylic oxidation sites excluding steroid dienone is 1. The lowest BCUT2D eigenvalue weighted by atomic mass is 9.82. The zero-order valence-electron chi connectivity index (χ0n) is 8.29. The average Bonchev–Trinajstić information content (AvgIpc) is 2.04. The standard InChI is InChI=1S/C10H18O3/c1-10(11,12)9-5-3-8(4-6-9)7-13-2/h7,9,11-12H,3-6H2,1-2H3. The highest BCUT2D eigenvalue weighted by atomic mass is 16.5. The van der Waals surface area contributed by atoms with Crippen LogP contribution < -0.4 is 0 Å². The fraction of sp³-hybridized carbons (Fsp3) is 0.800. The smallest absolute Gasteiger partial charge is 0.162 e. The van der Waals surface area contributed by atoms with E-state index in [0.29, 0.717) is 0 Å². The molecule has 0 saturated heterocycles. The summed E-state index contributed by atoms with van der Waals surface area (Å²) < 4.78 is 4.92. The van der Waals surface area contributed by atoms with Crippen LogP contribution in [0.4, 0.5) is 0 Å². The Bertz CT molecular complexity index is 181. The Morgan fingerprint density at radius 2 is 1.92 bits per heavy atom. The van der Waals surface area contributed by atoms with Crippen LogP contribution in [0.1, 0.15) is 32.6 Å². The molecule has 0 aromatic carbocycles. The summed E-state index contributed by atoms with van der Waals surface area (Å²) in [6.07, 6.45) is 5.25. The number of hydrogen-bond acceptors (Lipinski definition) is 3. The third-order valence-electron chi connectivity index (χ3n) is 2.69. The van der Waals surface area contributed by atoms with Crippen molar-refractivity contribution in [1.29, 1.82) is 0 Å². The second kappa shape index (κ2) is 4.11. The van der Waals surface area contributed by atoms with Gasteiger partial charge in [-0.15, -0.1) is 0 Å². The van der Waals surface area contributed by atoms with Crippen molar-refractivity contribution >= 4 is 0 Å². The summed E-state index contributed by atoms with van der Waals surface area (Å²) in [7, 11) is 1.64. The largest absolute Gasteiger partial charge is 0.504 e. The summed E-state index contributed by atoms with van der Waals surface area (Å²) in [4.78, 5) is 0. The van der Waals surface area contributed by atoms with Crippen LogP contribution in [-0.4, -0.2) is 23.1 Å². The van der Waals surface area contributed by atoms with Gasteiger partial charge >= 0.3 is 0 Å². The van der Waals surface area contributed by atoms with Crippen LogP contribution in [0.15, 0.2) is 11.8 Å². The monoisotopic (exact) mass is 186 g/mol. The predicted molar refractivity (Wildman–Crippen MR) is 49.9 cm³/mol. The zero-order chi connectivity index (χ0) is 9.90. The Balaban J connectivity index is 2.44. The highest BCUT2D eigenvalue weighted by Crippen LogP contribution is 2.33. The highest BCUT2D eigenvalue weighted by Gasteiger charge is 2.31. The first-order valence-electron chi connectivity index (χ1n) is 4.69. The molecule has 0 aliphatic heterocycles. The summed E-state index contributed by atoms with van der Waals surface area (Å²) in [5.74, 6) is -1.51. The predicted octanol–water partition coefficient (Wildman–Crippen LogP) is 1.41. The number of aliphatic hydroxyl groups is 2. The fourth-order valence-electron chi connectivity index (χ4n) is 1.82. The van der Waals surface area contributed by atoms with E-state index >= 15 is 0 Å². The van der Waals surface area contributed by atoms with E-state index in [1.807, 2.05) is 0 Å². The molecule has 2 N–H and O–H groups in total. The van der Waals surface area contributed by atoms with Crippen LogP contribution in [-0.2, 0) is 4.74 Å². The minimum Gasteiger partial charge on any atom is -0.504 e. The SMILES string of the molecule is COC=C1CCC(C(C)(O)O)CC1. The van der Waals surface area contributed by atoms with Gasteiger partial charge in [0.1, 0.15) is 0 Å². The second-order valence-electron chi connectivity index (χ2n) is 3.88. The molecule has 76 valence electrons. The molecule has 0 heterocycles. The number of hydrogen-bond donors (Lipinski definition) is 2. The molecule has 0 aromatic rings. The lowest BCUT2D eigenvalue weighted by Crippen LogP contribution is -2.35. The van der Waals surface area contributed by atoms with Gasteiger partial charge in [-0.1, -0.05) is 0 Å². The van der Waals surface area contributed by atoms with Gasteiger partial charge in [0.25, 0.3) is 0 Å². The van der Waals surface area contributed by atoms with E-state index in [9.17, 15) is 10.2 Å². The topological polar surface area (TPSA) is 49.7 Å². The molecule has 0 radical (unpaired) electrons. The summed E-state index contributed by atoms with van der Waals surface area (Å²) in [6, 6.07) is 0. The minimum absolute atomic E-state index is 0.00139. The van der Waals surface area contributed by atoms with E-state index in [4.69, 9.17) is 4.74 Å². The Morgan fingerprint density at radius 1 is 1.38 bits per heavy atom. The molecule has 1 aliphatic rings. The molecule has 1 saturated carbocycles. The molecule has 0 unspecified atom stereocenters. The van der Waals surface area contributed by atoms with Gasteiger partial charge in [-0.3, -0.25) is 0 Å². The summed E-state index contributed by atoms with van der Waals surface area (Å²) >= 11 is 0. The van der Waals surface area contributed by atoms with Gasteiger partial charge in [0.2, 0.25) is 0 Å². The van der Waals surface area contributed by atoms with Crippen molar-refractivity contribution in [2.45, 2.75) is 38.4 Å². The van der Waals surface area contributed by atoms with Gasteiger partial charge in [0.05, 0.1) is 13.4 Å². The molecule has 0 spiro atoms. The minimum atomic E-state index is -1.52. The van der Waals surface area contributed by atoms with Crippen molar-refractivity contribution in [3.63, 3.8) is 0 Å². The van der Waals surface area contributed by atoms with Crippen molar-refractivity contribution < 1.29 is 14.9 Å². The van der Waals surface area contributed by atoms with E-state index < -0.39 is 5.79 Å². The molecule has 3 heteroatoms. The molecule has 13 heavy (non-hydrogen) atoms. The number of rotatable bonds is 2. The maximum Gasteiger partial charge on any atom is 0.162 e. The lowest BCUT2D eigenvalue weighted by Gasteiger charge is -2.31. The molecule has 1 rings (SSSR count). The van der Waals surface area contributed by atoms with Gasteiger partial charge in [-0.25, -0.2) is 0 Å².